The summed E-state index contributed by atoms with van der Waals surface area (Å²) in [4.78, 5) is 24.3. The van der Waals surface area contributed by atoms with Gasteiger partial charge in [-0.25, -0.2) is 15.0 Å². The molecule has 2 aliphatic heterocycles. The summed E-state index contributed by atoms with van der Waals surface area (Å²) in [7, 11) is 0. The highest BCUT2D eigenvalue weighted by molar-refractivity contribution is 6.04. The molecule has 1 aromatic heterocycles. The number of aromatic nitrogens is 1. The van der Waals surface area contributed by atoms with Crippen LogP contribution in [0.3, 0.4) is 0 Å². The molecule has 3 aromatic rings. The first kappa shape index (κ1) is 31.9. The van der Waals surface area contributed by atoms with E-state index in [4.69, 9.17) is 26.7 Å². The minimum atomic E-state index is -4.45. The molecule has 0 fully saturated rings. The number of anilines is 2. The molecular weight excluding hydrogens is 579 g/mol. The third-order valence-electron chi connectivity index (χ3n) is 6.57. The van der Waals surface area contributed by atoms with E-state index in [1.165, 1.54) is 17.7 Å². The normalized spacial score (nSPS) is 17.3. The second-order valence-corrected chi connectivity index (χ2v) is 10.1. The molecule has 2 atom stereocenters. The van der Waals surface area contributed by atoms with E-state index in [1.54, 1.807) is 12.1 Å². The van der Waals surface area contributed by atoms with Gasteiger partial charge in [0.05, 0.1) is 17.6 Å². The number of aryl methyl sites for hydroxylation is 2. The zero-order valence-electron chi connectivity index (χ0n) is 23.8. The summed E-state index contributed by atoms with van der Waals surface area (Å²) in [6.45, 7) is -0.333. The fourth-order valence-corrected chi connectivity index (χ4v) is 4.23. The number of halogens is 3. The molecule has 0 bridgehead atoms. The Morgan fingerprint density at radius 1 is 0.841 bits per heavy atom. The summed E-state index contributed by atoms with van der Waals surface area (Å²) in [6, 6.07) is 18.6. The van der Waals surface area contributed by atoms with Crippen LogP contribution in [0.4, 0.5) is 24.5 Å². The van der Waals surface area contributed by atoms with Crippen LogP contribution in [-0.4, -0.2) is 61.0 Å². The maximum Gasteiger partial charge on any atom is 0.422 e. The third kappa shape index (κ3) is 10.7. The fourth-order valence-electron chi connectivity index (χ4n) is 4.23. The molecule has 0 saturated heterocycles. The Bertz CT molecular complexity index is 1430. The Labute approximate surface area is 252 Å². The molecule has 11 nitrogen and oxygen atoms in total. The third-order valence-corrected chi connectivity index (χ3v) is 6.57. The van der Waals surface area contributed by atoms with Crippen LogP contribution in [-0.2, 0) is 22.3 Å². The van der Waals surface area contributed by atoms with E-state index >= 15 is 0 Å². The van der Waals surface area contributed by atoms with Gasteiger partial charge in [0.25, 0.3) is 18.0 Å². The molecule has 14 heteroatoms. The molecule has 234 valence electrons. The lowest BCUT2D eigenvalue weighted by atomic mass is 10.1. The van der Waals surface area contributed by atoms with E-state index < -0.39 is 18.7 Å². The summed E-state index contributed by atoms with van der Waals surface area (Å²) >= 11 is 0. The van der Waals surface area contributed by atoms with E-state index in [1.807, 2.05) is 36.4 Å². The van der Waals surface area contributed by atoms with Crippen molar-refractivity contribution in [2.45, 2.75) is 43.9 Å². The number of alkyl halides is 3. The second kappa shape index (κ2) is 14.9. The largest absolute Gasteiger partial charge is 0.468 e. The van der Waals surface area contributed by atoms with Gasteiger partial charge < -0.3 is 36.7 Å². The number of carbonyl (C=O) groups is 1. The SMILES string of the molecule is NC1=N[C@@H](CCc2ccc(N)cc2)CO1.NC1=N[C@@H](CCc2ccc(NC(=O)c3ccc(OCC(F)(F)F)nc3)cc2)CO1. The summed E-state index contributed by atoms with van der Waals surface area (Å²) in [5.74, 6) is -0.637. The van der Waals surface area contributed by atoms with Gasteiger partial charge >= 0.3 is 6.18 Å². The zero-order valence-corrected chi connectivity index (χ0v) is 23.8. The molecule has 0 aliphatic carbocycles. The molecule has 3 heterocycles. The molecule has 7 N–H and O–H groups in total. The van der Waals surface area contributed by atoms with Crippen LogP contribution in [0.2, 0.25) is 0 Å². The van der Waals surface area contributed by atoms with Crippen LogP contribution in [0.15, 0.2) is 76.8 Å². The van der Waals surface area contributed by atoms with Gasteiger partial charge in [-0.1, -0.05) is 24.3 Å². The molecule has 2 aliphatic rings. The monoisotopic (exact) mass is 613 g/mol. The van der Waals surface area contributed by atoms with Gasteiger partial charge in [0.1, 0.15) is 13.2 Å². The van der Waals surface area contributed by atoms with E-state index in [0.717, 1.165) is 43.1 Å². The molecular formula is C30H34F3N7O4. The van der Waals surface area contributed by atoms with Crippen molar-refractivity contribution >= 4 is 29.3 Å². The number of carbonyl (C=O) groups excluding carboxylic acids is 1. The molecule has 0 saturated carbocycles. The Balaban J connectivity index is 0.000000246. The number of nitrogens with one attached hydrogen (secondary N) is 1. The van der Waals surface area contributed by atoms with E-state index in [-0.39, 0.29) is 29.5 Å². The minimum Gasteiger partial charge on any atom is -0.468 e. The van der Waals surface area contributed by atoms with Gasteiger partial charge in [0.2, 0.25) is 5.88 Å². The maximum absolute atomic E-state index is 12.2. The number of nitrogen functional groups attached to an aromatic ring is 1. The number of amides is 1. The number of hydrogen-bond donors (Lipinski definition) is 4. The van der Waals surface area contributed by atoms with E-state index in [2.05, 4.69) is 25.0 Å². The van der Waals surface area contributed by atoms with Crippen LogP contribution in [0.1, 0.15) is 34.3 Å². The number of aliphatic imine (C=N–C) groups is 2. The highest BCUT2D eigenvalue weighted by Gasteiger charge is 2.28. The van der Waals surface area contributed by atoms with Crippen molar-refractivity contribution in [3.63, 3.8) is 0 Å². The number of ether oxygens (including phenoxy) is 3. The number of nitrogens with zero attached hydrogens (tertiary/aromatic N) is 3. The van der Waals surface area contributed by atoms with Crippen molar-refractivity contribution in [3.05, 3.63) is 83.6 Å². The van der Waals surface area contributed by atoms with Crippen molar-refractivity contribution in [3.8, 4) is 5.88 Å². The maximum atomic E-state index is 12.2. The quantitative estimate of drug-likeness (QED) is 0.250. The Hall–Kier alpha value is -5.01. The number of benzene rings is 2. The van der Waals surface area contributed by atoms with Gasteiger partial charge in [0, 0.05) is 23.6 Å². The lowest BCUT2D eigenvalue weighted by Crippen LogP contribution is -2.19. The highest BCUT2D eigenvalue weighted by atomic mass is 19.4. The Kier molecular flexibility index (Phi) is 10.8. The average molecular weight is 614 g/mol. The van der Waals surface area contributed by atoms with Crippen molar-refractivity contribution in [2.24, 2.45) is 21.5 Å². The van der Waals surface area contributed by atoms with Gasteiger partial charge in [-0.3, -0.25) is 4.79 Å². The van der Waals surface area contributed by atoms with Crippen molar-refractivity contribution in [1.82, 2.24) is 4.98 Å². The minimum absolute atomic E-state index is 0.0602. The zero-order chi connectivity index (χ0) is 31.5. The molecule has 5 rings (SSSR count). The first-order chi connectivity index (χ1) is 21.0. The summed E-state index contributed by atoms with van der Waals surface area (Å²) in [5.41, 5.74) is 20.4. The summed E-state index contributed by atoms with van der Waals surface area (Å²) < 4.78 is 51.1. The lowest BCUT2D eigenvalue weighted by molar-refractivity contribution is -0.154. The number of hydrogen-bond acceptors (Lipinski definition) is 10. The topological polar surface area (TPSA) is 172 Å². The average Bonchev–Trinajstić information content (AvgIpc) is 3.62. The fraction of sp³-hybridized carbons (Fsp3) is 0.333. The number of amidine groups is 2. The summed E-state index contributed by atoms with van der Waals surface area (Å²) in [6.07, 6.45) is 0.250. The number of rotatable bonds is 10. The smallest absolute Gasteiger partial charge is 0.422 e. The molecule has 1 amide bonds. The molecule has 0 spiro atoms. The predicted octanol–water partition coefficient (Wildman–Crippen LogP) is 3.84. The molecule has 2 aromatic carbocycles. The van der Waals surface area contributed by atoms with E-state index in [9.17, 15) is 18.0 Å². The molecule has 0 radical (unpaired) electrons. The predicted molar refractivity (Wildman–Crippen MR) is 160 cm³/mol. The van der Waals surface area contributed by atoms with Crippen LogP contribution in [0, 0.1) is 0 Å². The lowest BCUT2D eigenvalue weighted by Gasteiger charge is -2.09. The van der Waals surface area contributed by atoms with Crippen LogP contribution in [0.25, 0.3) is 0 Å². The summed E-state index contributed by atoms with van der Waals surface area (Å²) in [5, 5.41) is 2.71. The highest BCUT2D eigenvalue weighted by Crippen LogP contribution is 2.19. The van der Waals surface area contributed by atoms with Crippen molar-refractivity contribution in [2.75, 3.05) is 30.9 Å². The van der Waals surface area contributed by atoms with Crippen molar-refractivity contribution < 1.29 is 32.2 Å². The molecule has 44 heavy (non-hydrogen) atoms. The first-order valence-electron chi connectivity index (χ1n) is 13.8. The second-order valence-electron chi connectivity index (χ2n) is 10.1. The van der Waals surface area contributed by atoms with Crippen LogP contribution < -0.4 is 27.3 Å². The van der Waals surface area contributed by atoms with Gasteiger partial charge in [-0.2, -0.15) is 13.2 Å². The van der Waals surface area contributed by atoms with Gasteiger partial charge in [-0.05, 0) is 67.1 Å². The molecule has 0 unspecified atom stereocenters. The van der Waals surface area contributed by atoms with Gasteiger partial charge in [-0.15, -0.1) is 0 Å². The van der Waals surface area contributed by atoms with Crippen LogP contribution >= 0.6 is 0 Å². The Morgan fingerprint density at radius 3 is 1.84 bits per heavy atom. The first-order valence-corrected chi connectivity index (χ1v) is 13.8. The van der Waals surface area contributed by atoms with Gasteiger partial charge in [0.15, 0.2) is 6.61 Å². The number of nitrogens with two attached hydrogens (primary N) is 3. The van der Waals surface area contributed by atoms with E-state index in [0.29, 0.717) is 24.9 Å². The van der Waals surface area contributed by atoms with Crippen LogP contribution in [0.5, 0.6) is 5.88 Å². The standard InChI is InChI=1S/C19H19F3N4O3.C11H15N3O/c20-19(21,22)11-29-16-8-4-13(9-24-16)17(27)25-14-5-1-12(2-6-14)3-7-15-10-28-18(23)26-15;12-9-4-1-8(2-5-9)3-6-10-7-15-11(13)14-10/h1-2,4-6,8-9,15H,3,7,10-11H2,(H2,23,26)(H,25,27);1-2,4-5,10H,3,6-7,12H2,(H2,13,14)/t15-;10-/m00/s1. The number of pyridine rings is 1. The Morgan fingerprint density at radius 2 is 1.39 bits per heavy atom. The van der Waals surface area contributed by atoms with Crippen molar-refractivity contribution in [1.29, 1.82) is 0 Å².